The number of carboxylic acids is 1. The van der Waals surface area contributed by atoms with Gasteiger partial charge in [0, 0.05) is 11.3 Å². The maximum Gasteiger partial charge on any atom is 0.323 e. The maximum atomic E-state index is 11.3. The average Bonchev–Trinajstić information content (AvgIpc) is 3.07. The fourth-order valence-electron chi connectivity index (χ4n) is 1.75. The molecule has 0 aromatic heterocycles. The summed E-state index contributed by atoms with van der Waals surface area (Å²) in [7, 11) is 0. The minimum atomic E-state index is -0.725. The Labute approximate surface area is 109 Å². The lowest BCUT2D eigenvalue weighted by Crippen LogP contribution is -2.50. The summed E-state index contributed by atoms with van der Waals surface area (Å²) in [6.07, 6.45) is 5.13. The van der Waals surface area contributed by atoms with Gasteiger partial charge in [0.05, 0.1) is 0 Å². The Kier molecular flexibility index (Phi) is 5.80. The third kappa shape index (κ3) is 5.30. The van der Waals surface area contributed by atoms with Crippen molar-refractivity contribution in [2.75, 3.05) is 5.75 Å². The Morgan fingerprint density at radius 1 is 1.59 bits per heavy atom. The molecule has 0 aliphatic heterocycles. The fraction of sp³-hybridized carbons (Fsp3) is 0.923. The van der Waals surface area contributed by atoms with Crippen LogP contribution in [0.1, 0.15) is 52.9 Å². The van der Waals surface area contributed by atoms with Crippen LogP contribution in [-0.2, 0) is 4.79 Å². The molecule has 0 aromatic carbocycles. The van der Waals surface area contributed by atoms with E-state index in [9.17, 15) is 9.90 Å². The Morgan fingerprint density at radius 2 is 2.24 bits per heavy atom. The molecule has 1 aliphatic carbocycles. The lowest BCUT2D eigenvalue weighted by atomic mass is 9.96. The molecule has 2 atom stereocenters. The van der Waals surface area contributed by atoms with E-state index >= 15 is 0 Å². The zero-order valence-corrected chi connectivity index (χ0v) is 12.0. The smallest absolute Gasteiger partial charge is 0.323 e. The zero-order chi connectivity index (χ0) is 12.9. The predicted octanol–water partition coefficient (Wildman–Crippen LogP) is 2.89. The molecule has 0 aromatic rings. The molecule has 100 valence electrons. The van der Waals surface area contributed by atoms with Gasteiger partial charge in [-0.25, -0.2) is 0 Å². The zero-order valence-electron chi connectivity index (χ0n) is 11.2. The highest BCUT2D eigenvalue weighted by atomic mass is 32.2. The van der Waals surface area contributed by atoms with Crippen LogP contribution in [0.2, 0.25) is 0 Å². The number of hydrogen-bond acceptors (Lipinski definition) is 3. The number of hydrogen-bond donors (Lipinski definition) is 2. The van der Waals surface area contributed by atoms with Crippen LogP contribution >= 0.6 is 11.8 Å². The van der Waals surface area contributed by atoms with Crippen molar-refractivity contribution in [2.45, 2.75) is 69.7 Å². The Morgan fingerprint density at radius 3 is 2.71 bits per heavy atom. The maximum absolute atomic E-state index is 11.3. The summed E-state index contributed by atoms with van der Waals surface area (Å²) in [5.41, 5.74) is -0.725. The minimum absolute atomic E-state index is 0.443. The molecule has 0 radical (unpaired) electrons. The number of rotatable bonds is 9. The van der Waals surface area contributed by atoms with Crippen LogP contribution < -0.4 is 5.32 Å². The van der Waals surface area contributed by atoms with Crippen molar-refractivity contribution in [3.8, 4) is 0 Å². The van der Waals surface area contributed by atoms with Crippen molar-refractivity contribution in [3.63, 3.8) is 0 Å². The summed E-state index contributed by atoms with van der Waals surface area (Å²) < 4.78 is 0. The van der Waals surface area contributed by atoms with Gasteiger partial charge in [0.1, 0.15) is 5.54 Å². The first-order valence-corrected chi connectivity index (χ1v) is 7.65. The lowest BCUT2D eigenvalue weighted by molar-refractivity contribution is -0.144. The first kappa shape index (κ1) is 14.8. The largest absolute Gasteiger partial charge is 0.480 e. The second-order valence-corrected chi connectivity index (χ2v) is 6.80. The molecule has 1 fully saturated rings. The first-order chi connectivity index (χ1) is 7.98. The van der Waals surface area contributed by atoms with Crippen LogP contribution in [-0.4, -0.2) is 33.7 Å². The van der Waals surface area contributed by atoms with Gasteiger partial charge in [0.2, 0.25) is 0 Å². The molecule has 3 nitrogen and oxygen atoms in total. The van der Waals surface area contributed by atoms with E-state index in [-0.39, 0.29) is 0 Å². The highest BCUT2D eigenvalue weighted by Crippen LogP contribution is 2.26. The number of aliphatic carboxylic acids is 1. The summed E-state index contributed by atoms with van der Waals surface area (Å²) >= 11 is 1.94. The van der Waals surface area contributed by atoms with E-state index in [4.69, 9.17) is 0 Å². The molecule has 4 heteroatoms. The van der Waals surface area contributed by atoms with Gasteiger partial charge in [-0.05, 0) is 44.8 Å². The molecule has 1 aliphatic rings. The van der Waals surface area contributed by atoms with Gasteiger partial charge in [0.15, 0.2) is 0 Å². The average molecular weight is 259 g/mol. The van der Waals surface area contributed by atoms with Gasteiger partial charge in [-0.15, -0.1) is 0 Å². The SMILES string of the molecule is CCC(C)SCCCC(C)(NC1CC1)C(=O)O. The van der Waals surface area contributed by atoms with E-state index in [0.717, 1.165) is 31.4 Å². The number of carboxylic acid groups (broad SMARTS) is 1. The molecule has 1 rings (SSSR count). The van der Waals surface area contributed by atoms with Crippen molar-refractivity contribution in [1.82, 2.24) is 5.32 Å². The van der Waals surface area contributed by atoms with Crippen molar-refractivity contribution in [3.05, 3.63) is 0 Å². The van der Waals surface area contributed by atoms with Crippen molar-refractivity contribution in [1.29, 1.82) is 0 Å². The second kappa shape index (κ2) is 6.64. The molecule has 2 unspecified atom stereocenters. The first-order valence-electron chi connectivity index (χ1n) is 6.60. The monoisotopic (exact) mass is 259 g/mol. The number of nitrogens with one attached hydrogen (secondary N) is 1. The van der Waals surface area contributed by atoms with E-state index in [1.807, 2.05) is 18.7 Å². The lowest BCUT2D eigenvalue weighted by Gasteiger charge is -2.26. The van der Waals surface area contributed by atoms with E-state index in [1.165, 1.54) is 6.42 Å². The molecule has 1 saturated carbocycles. The normalized spacial score (nSPS) is 20.9. The van der Waals surface area contributed by atoms with Crippen LogP contribution in [0.15, 0.2) is 0 Å². The molecule has 2 N–H and O–H groups in total. The predicted molar refractivity (Wildman–Crippen MR) is 73.6 cm³/mol. The number of carbonyl (C=O) groups is 1. The summed E-state index contributed by atoms with van der Waals surface area (Å²) in [5.74, 6) is 0.350. The molecule has 17 heavy (non-hydrogen) atoms. The van der Waals surface area contributed by atoms with Gasteiger partial charge in [-0.2, -0.15) is 11.8 Å². The van der Waals surface area contributed by atoms with Crippen molar-refractivity contribution in [2.24, 2.45) is 0 Å². The topological polar surface area (TPSA) is 49.3 Å². The third-order valence-electron chi connectivity index (χ3n) is 3.37. The van der Waals surface area contributed by atoms with Gasteiger partial charge < -0.3 is 5.11 Å². The summed E-state index contributed by atoms with van der Waals surface area (Å²) in [6, 6.07) is 0.443. The van der Waals surface area contributed by atoms with Crippen LogP contribution in [0.25, 0.3) is 0 Å². The van der Waals surface area contributed by atoms with Crippen molar-refractivity contribution < 1.29 is 9.90 Å². The van der Waals surface area contributed by atoms with Crippen molar-refractivity contribution >= 4 is 17.7 Å². The van der Waals surface area contributed by atoms with Gasteiger partial charge in [0.25, 0.3) is 0 Å². The highest BCUT2D eigenvalue weighted by Gasteiger charge is 2.37. The Bertz CT molecular complexity index is 256. The summed E-state index contributed by atoms with van der Waals surface area (Å²) in [4.78, 5) is 11.3. The van der Waals surface area contributed by atoms with Crippen LogP contribution in [0.5, 0.6) is 0 Å². The standard InChI is InChI=1S/C13H25NO2S/c1-4-10(2)17-9-5-8-13(3,12(15)16)14-11-6-7-11/h10-11,14H,4-9H2,1-3H3,(H,15,16). The number of thioether (sulfide) groups is 1. The second-order valence-electron chi connectivity index (χ2n) is 5.25. The molecule has 0 bridgehead atoms. The minimum Gasteiger partial charge on any atom is -0.480 e. The van der Waals surface area contributed by atoms with E-state index in [0.29, 0.717) is 11.3 Å². The van der Waals surface area contributed by atoms with Gasteiger partial charge in [-0.1, -0.05) is 13.8 Å². The van der Waals surface area contributed by atoms with Gasteiger partial charge >= 0.3 is 5.97 Å². The van der Waals surface area contributed by atoms with Crippen LogP contribution in [0, 0.1) is 0 Å². The molecule has 0 spiro atoms. The third-order valence-corrected chi connectivity index (χ3v) is 4.80. The molecule has 0 heterocycles. The quantitative estimate of drug-likeness (QED) is 0.625. The molecular formula is C13H25NO2S. The Hall–Kier alpha value is -0.220. The van der Waals surface area contributed by atoms with E-state index in [1.54, 1.807) is 0 Å². The summed E-state index contributed by atoms with van der Waals surface area (Å²) in [5, 5.41) is 13.2. The molecular weight excluding hydrogens is 234 g/mol. The van der Waals surface area contributed by atoms with Crippen LogP contribution in [0.3, 0.4) is 0 Å². The van der Waals surface area contributed by atoms with E-state index in [2.05, 4.69) is 19.2 Å². The van der Waals surface area contributed by atoms with Crippen LogP contribution in [0.4, 0.5) is 0 Å². The summed E-state index contributed by atoms with van der Waals surface area (Å²) in [6.45, 7) is 6.23. The van der Waals surface area contributed by atoms with Gasteiger partial charge in [-0.3, -0.25) is 10.1 Å². The van der Waals surface area contributed by atoms with E-state index < -0.39 is 11.5 Å². The molecule has 0 saturated heterocycles. The molecule has 0 amide bonds. The highest BCUT2D eigenvalue weighted by molar-refractivity contribution is 7.99. The Balaban J connectivity index is 2.26. The fourth-order valence-corrected chi connectivity index (χ4v) is 2.70.